The maximum atomic E-state index is 12.1. The summed E-state index contributed by atoms with van der Waals surface area (Å²) in [6.07, 6.45) is 2.83. The zero-order valence-electron chi connectivity index (χ0n) is 12.0. The van der Waals surface area contributed by atoms with Crippen molar-refractivity contribution in [3.63, 3.8) is 0 Å². The number of hydrogen-bond donors (Lipinski definition) is 1. The second-order valence-electron chi connectivity index (χ2n) is 5.28. The number of nitrogens with one attached hydrogen (secondary N) is 1. The molecule has 6 heteroatoms. The average molecular weight is 297 g/mol. The van der Waals surface area contributed by atoms with Crippen LogP contribution >= 0.6 is 0 Å². The summed E-state index contributed by atoms with van der Waals surface area (Å²) in [6.45, 7) is 5.33. The van der Waals surface area contributed by atoms with Gasteiger partial charge in [0.05, 0.1) is 12.0 Å². The van der Waals surface area contributed by atoms with E-state index in [1.807, 2.05) is 0 Å². The first-order valence-electron chi connectivity index (χ1n) is 6.04. The van der Waals surface area contributed by atoms with E-state index in [-0.39, 0.29) is 4.90 Å². The fraction of sp³-hybridized carbons (Fsp3) is 0.357. The predicted molar refractivity (Wildman–Crippen MR) is 77.6 cm³/mol. The Hall–Kier alpha value is -1.66. The Morgan fingerprint density at radius 3 is 2.20 bits per heavy atom. The fourth-order valence-electron chi connectivity index (χ4n) is 1.45. The van der Waals surface area contributed by atoms with Gasteiger partial charge in [0.1, 0.15) is 0 Å². The van der Waals surface area contributed by atoms with Crippen LogP contribution < -0.4 is 4.72 Å². The number of sulfonamides is 1. The van der Waals surface area contributed by atoms with Crippen molar-refractivity contribution in [2.45, 2.75) is 31.2 Å². The van der Waals surface area contributed by atoms with E-state index < -0.39 is 21.5 Å². The van der Waals surface area contributed by atoms with Crippen LogP contribution in [-0.4, -0.2) is 27.0 Å². The Morgan fingerprint density at radius 1 is 1.20 bits per heavy atom. The van der Waals surface area contributed by atoms with Gasteiger partial charge in [0.2, 0.25) is 10.0 Å². The summed E-state index contributed by atoms with van der Waals surface area (Å²) >= 11 is 0. The highest BCUT2D eigenvalue weighted by atomic mass is 32.2. The van der Waals surface area contributed by atoms with E-state index in [4.69, 9.17) is 0 Å². The first kappa shape index (κ1) is 16.4. The molecule has 5 nitrogen and oxygen atoms in total. The average Bonchev–Trinajstić information content (AvgIpc) is 2.33. The summed E-state index contributed by atoms with van der Waals surface area (Å²) < 4.78 is 31.2. The maximum absolute atomic E-state index is 12.1. The molecule has 110 valence electrons. The predicted octanol–water partition coefficient (Wildman–Crippen LogP) is 1.95. The molecule has 0 saturated heterocycles. The first-order chi connectivity index (χ1) is 9.14. The number of carbonyl (C=O) groups is 1. The monoisotopic (exact) mass is 297 g/mol. The van der Waals surface area contributed by atoms with E-state index in [2.05, 4.69) is 9.46 Å². The van der Waals surface area contributed by atoms with Crippen LogP contribution in [0.1, 0.15) is 26.3 Å². The highest BCUT2D eigenvalue weighted by Crippen LogP contribution is 2.14. The minimum Gasteiger partial charge on any atom is -0.466 e. The van der Waals surface area contributed by atoms with E-state index in [0.717, 1.165) is 0 Å². The molecule has 20 heavy (non-hydrogen) atoms. The number of esters is 1. The van der Waals surface area contributed by atoms with Gasteiger partial charge >= 0.3 is 5.97 Å². The molecule has 0 aromatic heterocycles. The lowest BCUT2D eigenvalue weighted by molar-refractivity contribution is -0.134. The fourth-order valence-corrected chi connectivity index (χ4v) is 2.87. The minimum atomic E-state index is -3.54. The van der Waals surface area contributed by atoms with E-state index in [1.165, 1.54) is 25.3 Å². The van der Waals surface area contributed by atoms with Crippen LogP contribution in [0, 0.1) is 0 Å². The van der Waals surface area contributed by atoms with Gasteiger partial charge in [0, 0.05) is 11.6 Å². The molecule has 0 aliphatic heterocycles. The minimum absolute atomic E-state index is 0.183. The SMILES string of the molecule is COC(=O)/C=C/c1ccc(S(=O)(=O)NC(C)(C)C)cc1. The number of carbonyl (C=O) groups excluding carboxylic acids is 1. The molecule has 0 aliphatic rings. The second kappa shape index (κ2) is 6.19. The van der Waals surface area contributed by atoms with E-state index in [0.29, 0.717) is 5.56 Å². The summed E-state index contributed by atoms with van der Waals surface area (Å²) in [5.41, 5.74) is 0.174. The molecule has 0 fully saturated rings. The third kappa shape index (κ3) is 5.14. The first-order valence-corrected chi connectivity index (χ1v) is 7.52. The number of methoxy groups -OCH3 is 1. The number of rotatable bonds is 4. The molecule has 0 unspecified atom stereocenters. The van der Waals surface area contributed by atoms with E-state index in [1.54, 1.807) is 39.0 Å². The molecule has 1 rings (SSSR count). The molecule has 0 radical (unpaired) electrons. The third-order valence-corrected chi connectivity index (χ3v) is 4.02. The molecule has 0 atom stereocenters. The van der Waals surface area contributed by atoms with Gasteiger partial charge < -0.3 is 4.74 Å². The van der Waals surface area contributed by atoms with Crippen LogP contribution in [0.4, 0.5) is 0 Å². The molecule has 0 aliphatic carbocycles. The summed E-state index contributed by atoms with van der Waals surface area (Å²) in [4.78, 5) is 11.1. The van der Waals surface area contributed by atoms with Crippen molar-refractivity contribution in [3.8, 4) is 0 Å². The number of hydrogen-bond acceptors (Lipinski definition) is 4. The van der Waals surface area contributed by atoms with Gasteiger partial charge in [-0.2, -0.15) is 0 Å². The van der Waals surface area contributed by atoms with Gasteiger partial charge in [-0.25, -0.2) is 17.9 Å². The topological polar surface area (TPSA) is 72.5 Å². The van der Waals surface area contributed by atoms with Crippen LogP contribution in [0.25, 0.3) is 6.08 Å². The Kier molecular flexibility index (Phi) is 5.08. The lowest BCUT2D eigenvalue weighted by Crippen LogP contribution is -2.40. The van der Waals surface area contributed by atoms with E-state index >= 15 is 0 Å². The quantitative estimate of drug-likeness (QED) is 0.681. The summed E-state index contributed by atoms with van der Waals surface area (Å²) in [6, 6.07) is 6.23. The summed E-state index contributed by atoms with van der Waals surface area (Å²) in [5.74, 6) is -0.462. The highest BCUT2D eigenvalue weighted by molar-refractivity contribution is 7.89. The highest BCUT2D eigenvalue weighted by Gasteiger charge is 2.21. The van der Waals surface area contributed by atoms with Crippen molar-refractivity contribution in [1.82, 2.24) is 4.72 Å². The lowest BCUT2D eigenvalue weighted by atomic mass is 10.1. The molecular weight excluding hydrogens is 278 g/mol. The number of benzene rings is 1. The molecule has 0 saturated carbocycles. The van der Waals surface area contributed by atoms with Crippen LogP contribution in [0.3, 0.4) is 0 Å². The molecule has 0 heterocycles. The molecule has 1 aromatic rings. The Balaban J connectivity index is 2.92. The van der Waals surface area contributed by atoms with Crippen LogP contribution in [-0.2, 0) is 19.6 Å². The summed E-state index contributed by atoms with van der Waals surface area (Å²) in [5, 5.41) is 0. The van der Waals surface area contributed by atoms with Crippen molar-refractivity contribution in [1.29, 1.82) is 0 Å². The van der Waals surface area contributed by atoms with Crippen molar-refractivity contribution in [2.75, 3.05) is 7.11 Å². The van der Waals surface area contributed by atoms with Crippen molar-refractivity contribution in [3.05, 3.63) is 35.9 Å². The number of ether oxygens (including phenoxy) is 1. The molecule has 0 bridgehead atoms. The Bertz CT molecular complexity index is 595. The van der Waals surface area contributed by atoms with Gasteiger partial charge in [-0.1, -0.05) is 12.1 Å². The zero-order valence-corrected chi connectivity index (χ0v) is 12.8. The van der Waals surface area contributed by atoms with Crippen molar-refractivity contribution < 1.29 is 17.9 Å². The van der Waals surface area contributed by atoms with Crippen molar-refractivity contribution >= 4 is 22.1 Å². The molecule has 1 N–H and O–H groups in total. The third-order valence-electron chi connectivity index (χ3n) is 2.24. The van der Waals surface area contributed by atoms with Gasteiger partial charge in [0.15, 0.2) is 0 Å². The van der Waals surface area contributed by atoms with Crippen molar-refractivity contribution in [2.24, 2.45) is 0 Å². The molecule has 0 spiro atoms. The van der Waals surface area contributed by atoms with Crippen LogP contribution in [0.5, 0.6) is 0 Å². The Morgan fingerprint density at radius 2 is 1.75 bits per heavy atom. The summed E-state index contributed by atoms with van der Waals surface area (Å²) in [7, 11) is -2.24. The molecule has 0 amide bonds. The van der Waals surface area contributed by atoms with Gasteiger partial charge in [-0.3, -0.25) is 0 Å². The van der Waals surface area contributed by atoms with E-state index in [9.17, 15) is 13.2 Å². The van der Waals surface area contributed by atoms with Crippen LogP contribution in [0.15, 0.2) is 35.2 Å². The van der Waals surface area contributed by atoms with Gasteiger partial charge in [-0.15, -0.1) is 0 Å². The Labute approximate surface area is 119 Å². The molecule has 1 aromatic carbocycles. The lowest BCUT2D eigenvalue weighted by Gasteiger charge is -2.20. The molecular formula is C14H19NO4S. The standard InChI is InChI=1S/C14H19NO4S/c1-14(2,3)15-20(17,18)12-8-5-11(6-9-12)7-10-13(16)19-4/h5-10,15H,1-4H3/b10-7+. The zero-order chi connectivity index (χ0) is 15.4. The van der Waals surface area contributed by atoms with Crippen LogP contribution in [0.2, 0.25) is 0 Å². The second-order valence-corrected chi connectivity index (χ2v) is 6.96. The largest absolute Gasteiger partial charge is 0.466 e. The maximum Gasteiger partial charge on any atom is 0.330 e. The van der Waals surface area contributed by atoms with Gasteiger partial charge in [0.25, 0.3) is 0 Å². The normalized spacial score (nSPS) is 12.6. The van der Waals surface area contributed by atoms with Gasteiger partial charge in [-0.05, 0) is 44.5 Å². The smallest absolute Gasteiger partial charge is 0.330 e.